The molecule has 0 bridgehead atoms. The minimum absolute atomic E-state index is 0. The molecule has 0 aromatic heterocycles. The number of nitrogens with one attached hydrogen (secondary N) is 2. The molecule has 2 atom stereocenters. The van der Waals surface area contributed by atoms with Crippen LogP contribution in [0.25, 0.3) is 0 Å². The SMILES string of the molecule is CCC(C)NC(=NC)NCC(c1ccc(Cl)cc1)N1CCOCC1.I. The van der Waals surface area contributed by atoms with Crippen LogP contribution in [0, 0.1) is 0 Å². The van der Waals surface area contributed by atoms with Crippen molar-refractivity contribution in [3.05, 3.63) is 34.9 Å². The summed E-state index contributed by atoms with van der Waals surface area (Å²) in [4.78, 5) is 6.79. The van der Waals surface area contributed by atoms with Gasteiger partial charge in [0.25, 0.3) is 0 Å². The van der Waals surface area contributed by atoms with Crippen LogP contribution in [0.15, 0.2) is 29.3 Å². The molecule has 1 heterocycles. The maximum absolute atomic E-state index is 6.05. The highest BCUT2D eigenvalue weighted by Crippen LogP contribution is 2.23. The molecule has 1 aliphatic rings. The van der Waals surface area contributed by atoms with E-state index in [1.165, 1.54) is 5.56 Å². The second-order valence-electron chi connectivity index (χ2n) is 6.12. The third-order valence-electron chi connectivity index (χ3n) is 4.42. The first kappa shape index (κ1) is 22.5. The molecule has 2 unspecified atom stereocenters. The maximum atomic E-state index is 6.05. The van der Waals surface area contributed by atoms with Crippen LogP contribution in [0.4, 0.5) is 0 Å². The van der Waals surface area contributed by atoms with E-state index in [0.717, 1.165) is 50.3 Å². The van der Waals surface area contributed by atoms with Crippen LogP contribution in [-0.4, -0.2) is 56.8 Å². The van der Waals surface area contributed by atoms with Gasteiger partial charge in [-0.25, -0.2) is 0 Å². The van der Waals surface area contributed by atoms with Crippen LogP contribution in [0.5, 0.6) is 0 Å². The molecule has 1 aromatic rings. The topological polar surface area (TPSA) is 48.9 Å². The van der Waals surface area contributed by atoms with Gasteiger partial charge in [0.05, 0.1) is 19.3 Å². The molecular formula is C18H30ClIN4O. The number of ether oxygens (including phenoxy) is 1. The van der Waals surface area contributed by atoms with Gasteiger partial charge in [-0.05, 0) is 31.0 Å². The van der Waals surface area contributed by atoms with Crippen molar-refractivity contribution in [3.63, 3.8) is 0 Å². The largest absolute Gasteiger partial charge is 0.379 e. The zero-order valence-electron chi connectivity index (χ0n) is 15.3. The summed E-state index contributed by atoms with van der Waals surface area (Å²) >= 11 is 6.05. The zero-order valence-corrected chi connectivity index (χ0v) is 18.4. The van der Waals surface area contributed by atoms with Crippen molar-refractivity contribution < 1.29 is 4.74 Å². The lowest BCUT2D eigenvalue weighted by Crippen LogP contribution is -2.47. The van der Waals surface area contributed by atoms with E-state index in [1.54, 1.807) is 0 Å². The molecule has 0 spiro atoms. The highest BCUT2D eigenvalue weighted by atomic mass is 127. The molecule has 1 aromatic carbocycles. The van der Waals surface area contributed by atoms with Crippen LogP contribution >= 0.6 is 35.6 Å². The summed E-state index contributed by atoms with van der Waals surface area (Å²) in [6.07, 6.45) is 1.06. The molecule has 0 aliphatic carbocycles. The van der Waals surface area contributed by atoms with E-state index in [4.69, 9.17) is 16.3 Å². The van der Waals surface area contributed by atoms with Gasteiger partial charge in [0.15, 0.2) is 5.96 Å². The fourth-order valence-electron chi connectivity index (χ4n) is 2.76. The van der Waals surface area contributed by atoms with Crippen LogP contribution in [0.2, 0.25) is 5.02 Å². The van der Waals surface area contributed by atoms with Gasteiger partial charge in [-0.3, -0.25) is 9.89 Å². The standard InChI is InChI=1S/C18H29ClN4O.HI/c1-4-14(2)22-18(20-3)21-13-17(23-9-11-24-12-10-23)15-5-7-16(19)8-6-15;/h5-8,14,17H,4,9-13H2,1-3H3,(H2,20,21,22);1H. The average Bonchev–Trinajstić information content (AvgIpc) is 2.63. The number of rotatable bonds is 6. The highest BCUT2D eigenvalue weighted by molar-refractivity contribution is 14.0. The molecule has 7 heteroatoms. The predicted molar refractivity (Wildman–Crippen MR) is 116 cm³/mol. The Hall–Kier alpha value is -0.570. The number of nitrogens with zero attached hydrogens (tertiary/aromatic N) is 2. The van der Waals surface area contributed by atoms with Crippen LogP contribution < -0.4 is 10.6 Å². The molecule has 5 nitrogen and oxygen atoms in total. The molecule has 1 fully saturated rings. The Morgan fingerprint density at radius 1 is 1.28 bits per heavy atom. The zero-order chi connectivity index (χ0) is 17.4. The quantitative estimate of drug-likeness (QED) is 0.373. The Morgan fingerprint density at radius 2 is 1.92 bits per heavy atom. The van der Waals surface area contributed by atoms with Crippen LogP contribution in [-0.2, 0) is 4.74 Å². The lowest BCUT2D eigenvalue weighted by molar-refractivity contribution is 0.0170. The Kier molecular flexibility index (Phi) is 10.7. The summed E-state index contributed by atoms with van der Waals surface area (Å²) in [7, 11) is 1.81. The summed E-state index contributed by atoms with van der Waals surface area (Å²) in [5.74, 6) is 0.844. The summed E-state index contributed by atoms with van der Waals surface area (Å²) < 4.78 is 5.50. The van der Waals surface area contributed by atoms with Crippen molar-refractivity contribution in [2.75, 3.05) is 39.9 Å². The number of hydrogen-bond donors (Lipinski definition) is 2. The van der Waals surface area contributed by atoms with E-state index in [2.05, 4.69) is 46.5 Å². The average molecular weight is 481 g/mol. The van der Waals surface area contributed by atoms with E-state index in [1.807, 2.05) is 19.2 Å². The van der Waals surface area contributed by atoms with E-state index in [-0.39, 0.29) is 30.0 Å². The summed E-state index contributed by atoms with van der Waals surface area (Å²) in [6.45, 7) is 8.55. The van der Waals surface area contributed by atoms with Crippen molar-refractivity contribution in [3.8, 4) is 0 Å². The molecule has 1 aliphatic heterocycles. The Balaban J connectivity index is 0.00000312. The first-order chi connectivity index (χ1) is 11.6. The van der Waals surface area contributed by atoms with E-state index < -0.39 is 0 Å². The van der Waals surface area contributed by atoms with Crippen molar-refractivity contribution in [1.29, 1.82) is 0 Å². The molecule has 1 saturated heterocycles. The monoisotopic (exact) mass is 480 g/mol. The van der Waals surface area contributed by atoms with Gasteiger partial charge in [-0.1, -0.05) is 30.7 Å². The number of halogens is 2. The molecule has 2 N–H and O–H groups in total. The van der Waals surface area contributed by atoms with E-state index in [0.29, 0.717) is 6.04 Å². The predicted octanol–water partition coefficient (Wildman–Crippen LogP) is 3.29. The molecule has 142 valence electrons. The summed E-state index contributed by atoms with van der Waals surface area (Å²) in [6, 6.07) is 8.78. The summed E-state index contributed by atoms with van der Waals surface area (Å²) in [5, 5.41) is 7.64. The molecule has 25 heavy (non-hydrogen) atoms. The fourth-order valence-corrected chi connectivity index (χ4v) is 2.88. The number of benzene rings is 1. The molecular weight excluding hydrogens is 451 g/mol. The van der Waals surface area contributed by atoms with Gasteiger partial charge in [0.1, 0.15) is 0 Å². The first-order valence-electron chi connectivity index (χ1n) is 8.68. The lowest BCUT2D eigenvalue weighted by atomic mass is 10.0. The fraction of sp³-hybridized carbons (Fsp3) is 0.611. The van der Waals surface area contributed by atoms with Gasteiger partial charge in [0, 0.05) is 37.7 Å². The van der Waals surface area contributed by atoms with Gasteiger partial charge >= 0.3 is 0 Å². The first-order valence-corrected chi connectivity index (χ1v) is 9.06. The molecule has 2 rings (SSSR count). The van der Waals surface area contributed by atoms with E-state index >= 15 is 0 Å². The summed E-state index contributed by atoms with van der Waals surface area (Å²) in [5.41, 5.74) is 1.26. The number of morpholine rings is 1. The maximum Gasteiger partial charge on any atom is 0.191 e. The van der Waals surface area contributed by atoms with Crippen molar-refractivity contribution >= 4 is 41.5 Å². The third kappa shape index (κ3) is 7.29. The number of aliphatic imine (C=N–C) groups is 1. The van der Waals surface area contributed by atoms with E-state index in [9.17, 15) is 0 Å². The van der Waals surface area contributed by atoms with Gasteiger partial charge in [0.2, 0.25) is 0 Å². The third-order valence-corrected chi connectivity index (χ3v) is 4.68. The Labute approximate surface area is 173 Å². The number of hydrogen-bond acceptors (Lipinski definition) is 3. The van der Waals surface area contributed by atoms with Crippen LogP contribution in [0.3, 0.4) is 0 Å². The highest BCUT2D eigenvalue weighted by Gasteiger charge is 2.23. The van der Waals surface area contributed by atoms with Crippen molar-refractivity contribution in [2.24, 2.45) is 4.99 Å². The van der Waals surface area contributed by atoms with Crippen LogP contribution in [0.1, 0.15) is 31.9 Å². The molecule has 0 saturated carbocycles. The number of guanidine groups is 1. The van der Waals surface area contributed by atoms with Crippen molar-refractivity contribution in [1.82, 2.24) is 15.5 Å². The normalized spacial score (nSPS) is 18.2. The Morgan fingerprint density at radius 3 is 2.48 bits per heavy atom. The van der Waals surface area contributed by atoms with Gasteiger partial charge in [-0.15, -0.1) is 24.0 Å². The minimum atomic E-state index is 0. The lowest BCUT2D eigenvalue weighted by Gasteiger charge is -2.35. The molecule has 0 radical (unpaired) electrons. The minimum Gasteiger partial charge on any atom is -0.379 e. The second-order valence-corrected chi connectivity index (χ2v) is 6.56. The van der Waals surface area contributed by atoms with Gasteiger partial charge in [-0.2, -0.15) is 0 Å². The Bertz CT molecular complexity index is 520. The second kappa shape index (κ2) is 11.9. The molecule has 0 amide bonds. The van der Waals surface area contributed by atoms with Gasteiger partial charge < -0.3 is 15.4 Å². The smallest absolute Gasteiger partial charge is 0.191 e. The van der Waals surface area contributed by atoms with Crippen molar-refractivity contribution in [2.45, 2.75) is 32.4 Å².